The average Bonchev–Trinajstić information content (AvgIpc) is 3.14. The topological polar surface area (TPSA) is 103 Å². The van der Waals surface area contributed by atoms with E-state index in [1.54, 1.807) is 12.3 Å². The van der Waals surface area contributed by atoms with Crippen LogP contribution in [0.4, 0.5) is 24.9 Å². The minimum Gasteiger partial charge on any atom is -0.393 e. The zero-order valence-electron chi connectivity index (χ0n) is 19.1. The van der Waals surface area contributed by atoms with E-state index in [4.69, 9.17) is 4.98 Å². The van der Waals surface area contributed by atoms with Crippen molar-refractivity contribution >= 4 is 22.8 Å². The molecule has 35 heavy (non-hydrogen) atoms. The summed E-state index contributed by atoms with van der Waals surface area (Å²) in [7, 11) is 0. The van der Waals surface area contributed by atoms with Crippen molar-refractivity contribution in [2.75, 3.05) is 36.4 Å². The Bertz CT molecular complexity index is 1260. The summed E-state index contributed by atoms with van der Waals surface area (Å²) < 4.78 is 41.3. The molecule has 0 bridgehead atoms. The van der Waals surface area contributed by atoms with E-state index in [9.17, 15) is 23.4 Å². The number of likely N-dealkylation sites (tertiary alicyclic amines) is 1. The van der Waals surface area contributed by atoms with E-state index >= 15 is 0 Å². The molecule has 3 aliphatic rings. The first-order valence-corrected chi connectivity index (χ1v) is 11.7. The monoisotopic (exact) mass is 489 g/mol. The summed E-state index contributed by atoms with van der Waals surface area (Å²) >= 11 is 0. The van der Waals surface area contributed by atoms with Gasteiger partial charge in [-0.2, -0.15) is 28.2 Å². The second kappa shape index (κ2) is 7.77. The van der Waals surface area contributed by atoms with E-state index in [0.717, 1.165) is 25.2 Å². The zero-order valence-corrected chi connectivity index (χ0v) is 19.1. The van der Waals surface area contributed by atoms with Crippen LogP contribution in [0.2, 0.25) is 0 Å². The Labute approximate surface area is 199 Å². The van der Waals surface area contributed by atoms with Gasteiger partial charge in [0, 0.05) is 38.3 Å². The van der Waals surface area contributed by atoms with Gasteiger partial charge in [0.25, 0.3) is 0 Å². The minimum absolute atomic E-state index is 0.0349. The third kappa shape index (κ3) is 4.09. The molecular weight excluding hydrogens is 463 g/mol. The Kier molecular flexibility index (Phi) is 5.00. The molecule has 1 saturated carbocycles. The predicted molar refractivity (Wildman–Crippen MR) is 123 cm³/mol. The number of hydrogen-bond donors (Lipinski definition) is 3. The lowest BCUT2D eigenvalue weighted by Gasteiger charge is -2.54. The summed E-state index contributed by atoms with van der Waals surface area (Å²) in [4.78, 5) is 13.6. The van der Waals surface area contributed by atoms with Gasteiger partial charge in [0.05, 0.1) is 34.5 Å². The number of hydrogen-bond acceptors (Lipinski definition) is 8. The predicted octanol–water partition coefficient (Wildman–Crippen LogP) is 2.02. The molecule has 3 N–H and O–H groups in total. The van der Waals surface area contributed by atoms with Crippen LogP contribution in [0.1, 0.15) is 25.3 Å². The number of aromatic nitrogens is 4. The van der Waals surface area contributed by atoms with E-state index in [0.29, 0.717) is 54.8 Å². The quantitative estimate of drug-likeness (QED) is 0.501. The van der Waals surface area contributed by atoms with Crippen molar-refractivity contribution in [2.24, 2.45) is 0 Å². The summed E-state index contributed by atoms with van der Waals surface area (Å²) in [5.41, 5.74) is -0.731. The highest BCUT2D eigenvalue weighted by atomic mass is 19.4. The van der Waals surface area contributed by atoms with E-state index in [1.807, 2.05) is 6.92 Å². The molecule has 3 aromatic rings. The van der Waals surface area contributed by atoms with Crippen LogP contribution in [-0.4, -0.2) is 84.8 Å². The van der Waals surface area contributed by atoms with Gasteiger partial charge in [-0.1, -0.05) is 6.07 Å². The van der Waals surface area contributed by atoms with Gasteiger partial charge in [0.1, 0.15) is 5.82 Å². The molecule has 186 valence electrons. The maximum atomic E-state index is 13.3. The average molecular weight is 490 g/mol. The fourth-order valence-corrected chi connectivity index (χ4v) is 5.04. The molecule has 0 unspecified atom stereocenters. The summed E-state index contributed by atoms with van der Waals surface area (Å²) in [6.45, 7) is 4.53. The maximum absolute atomic E-state index is 13.3. The van der Waals surface area contributed by atoms with E-state index in [1.165, 1.54) is 10.7 Å². The number of anilines is 2. The Balaban J connectivity index is 1.34. The van der Waals surface area contributed by atoms with Gasteiger partial charge in [-0.3, -0.25) is 4.90 Å². The van der Waals surface area contributed by atoms with Gasteiger partial charge in [-0.05, 0) is 38.0 Å². The first-order valence-electron chi connectivity index (χ1n) is 11.7. The summed E-state index contributed by atoms with van der Waals surface area (Å²) in [5.74, 6) is 1.02. The van der Waals surface area contributed by atoms with Crippen molar-refractivity contribution in [1.82, 2.24) is 24.6 Å². The Morgan fingerprint density at radius 1 is 1.14 bits per heavy atom. The first-order chi connectivity index (χ1) is 16.6. The fraction of sp³-hybridized carbons (Fsp3) is 0.522. The first kappa shape index (κ1) is 22.5. The number of nitrogens with zero attached hydrogens (tertiary/aromatic N) is 6. The highest BCUT2D eigenvalue weighted by Gasteiger charge is 2.45. The second-order valence-electron chi connectivity index (χ2n) is 10.1. The van der Waals surface area contributed by atoms with E-state index < -0.39 is 17.3 Å². The number of aliphatic hydroxyl groups excluding tert-OH is 1. The number of halogens is 3. The number of alkyl halides is 3. The van der Waals surface area contributed by atoms with Crippen LogP contribution in [-0.2, 0) is 6.18 Å². The molecular formula is C23H26F3N7O2. The molecule has 2 aromatic heterocycles. The number of β-amino-alcohol motifs (C(OH)–C–C–N with tert-alkyl or cyclic N) is 1. The second-order valence-corrected chi connectivity index (χ2v) is 10.1. The molecule has 0 radical (unpaired) electrons. The Hall–Kier alpha value is -2.96. The normalized spacial score (nSPS) is 24.7. The molecule has 0 amide bonds. The smallest absolute Gasteiger partial charge is 0.393 e. The molecule has 12 heteroatoms. The molecule has 0 atom stereocenters. The minimum atomic E-state index is -4.47. The highest BCUT2D eigenvalue weighted by Crippen LogP contribution is 2.35. The van der Waals surface area contributed by atoms with E-state index in [-0.39, 0.29) is 17.8 Å². The van der Waals surface area contributed by atoms with Gasteiger partial charge in [-0.15, -0.1) is 0 Å². The molecule has 4 heterocycles. The SMILES string of the molecule is CC1(O)CN(C2CN(c3nc(NC4CC(O)C4)nc4c3cnn4-c3cccc(C(F)(F)F)c3)C2)C1. The Morgan fingerprint density at radius 3 is 2.54 bits per heavy atom. The van der Waals surface area contributed by atoms with Crippen LogP contribution in [0.25, 0.3) is 16.7 Å². The molecule has 2 saturated heterocycles. The lowest BCUT2D eigenvalue weighted by atomic mass is 9.90. The lowest BCUT2D eigenvalue weighted by molar-refractivity contribution is -0.137. The van der Waals surface area contributed by atoms with Crippen LogP contribution >= 0.6 is 0 Å². The van der Waals surface area contributed by atoms with Gasteiger partial charge >= 0.3 is 6.18 Å². The van der Waals surface area contributed by atoms with Gasteiger partial charge in [-0.25, -0.2) is 4.68 Å². The molecule has 6 rings (SSSR count). The van der Waals surface area contributed by atoms with E-state index in [2.05, 4.69) is 25.2 Å². The maximum Gasteiger partial charge on any atom is 0.416 e. The molecule has 1 aliphatic carbocycles. The number of nitrogens with one attached hydrogen (secondary N) is 1. The van der Waals surface area contributed by atoms with Gasteiger partial charge in [0.15, 0.2) is 5.65 Å². The third-order valence-electron chi connectivity index (χ3n) is 7.04. The lowest BCUT2D eigenvalue weighted by Crippen LogP contribution is -2.70. The van der Waals surface area contributed by atoms with Crippen molar-refractivity contribution in [3.05, 3.63) is 36.0 Å². The summed E-state index contributed by atoms with van der Waals surface area (Å²) in [6, 6.07) is 5.33. The third-order valence-corrected chi connectivity index (χ3v) is 7.04. The molecule has 9 nitrogen and oxygen atoms in total. The number of benzene rings is 1. The fourth-order valence-electron chi connectivity index (χ4n) is 5.04. The van der Waals surface area contributed by atoms with Crippen molar-refractivity contribution in [3.63, 3.8) is 0 Å². The van der Waals surface area contributed by atoms with Crippen molar-refractivity contribution in [3.8, 4) is 5.69 Å². The largest absolute Gasteiger partial charge is 0.416 e. The molecule has 0 spiro atoms. The highest BCUT2D eigenvalue weighted by molar-refractivity contribution is 5.89. The van der Waals surface area contributed by atoms with Crippen LogP contribution in [0.3, 0.4) is 0 Å². The van der Waals surface area contributed by atoms with Crippen LogP contribution in [0.15, 0.2) is 30.5 Å². The summed E-state index contributed by atoms with van der Waals surface area (Å²) in [5, 5.41) is 27.9. The van der Waals surface area contributed by atoms with Crippen LogP contribution < -0.4 is 10.2 Å². The van der Waals surface area contributed by atoms with Crippen LogP contribution in [0, 0.1) is 0 Å². The molecule has 3 fully saturated rings. The van der Waals surface area contributed by atoms with Gasteiger partial charge < -0.3 is 20.4 Å². The number of rotatable bonds is 5. The standard InChI is InChI=1S/C23H26F3N7O2/c1-22(35)11-32(12-22)16-9-31(10-16)19-18-8-27-33(15-4-2-3-13(5-15)23(24,25)26)20(18)30-21(29-19)28-14-6-17(34)7-14/h2-5,8,14,16-17,34-35H,6-7,9-12H2,1H3,(H,28,29,30). The van der Waals surface area contributed by atoms with Gasteiger partial charge in [0.2, 0.25) is 5.95 Å². The summed E-state index contributed by atoms with van der Waals surface area (Å²) in [6.07, 6.45) is -2.06. The number of aliphatic hydroxyl groups is 2. The number of fused-ring (bicyclic) bond motifs is 1. The molecule has 1 aromatic carbocycles. The van der Waals surface area contributed by atoms with Crippen molar-refractivity contribution in [1.29, 1.82) is 0 Å². The molecule has 2 aliphatic heterocycles. The Morgan fingerprint density at radius 2 is 1.89 bits per heavy atom. The van der Waals surface area contributed by atoms with Crippen LogP contribution in [0.5, 0.6) is 0 Å². The zero-order chi connectivity index (χ0) is 24.5. The van der Waals surface area contributed by atoms with Crippen molar-refractivity contribution < 1.29 is 23.4 Å². The van der Waals surface area contributed by atoms with Crippen molar-refractivity contribution in [2.45, 2.75) is 49.7 Å².